The summed E-state index contributed by atoms with van der Waals surface area (Å²) in [6.07, 6.45) is 11.0. The number of carbonyl (C=O) groups is 2. The van der Waals surface area contributed by atoms with Gasteiger partial charge in [0.15, 0.2) is 0 Å². The molecule has 270 valence electrons. The van der Waals surface area contributed by atoms with Crippen LogP contribution < -0.4 is 16.4 Å². The van der Waals surface area contributed by atoms with Gasteiger partial charge in [0.1, 0.15) is 11.5 Å². The van der Waals surface area contributed by atoms with Gasteiger partial charge >= 0.3 is 0 Å². The van der Waals surface area contributed by atoms with Gasteiger partial charge in [0.05, 0.1) is 43.0 Å². The standard InChI is InChI=1S/C36H60F2N8O2/c1-6-8-15-36(38)24-40-23-30(32(36)45-18-13-27(14-19-45)35(48)46-17-9-16-44(5)20-21-46)43-34(47)31-26(4)41-22-28(37)11-12-29(42-33(31)39)25(3)10-7-2/h11-12,22-23,25-27,30-33,42H,6-10,13-21,24,39H2,1-5H3,(H,43,47)/b28-11+,29-12-,41-22?. The summed E-state index contributed by atoms with van der Waals surface area (Å²) in [4.78, 5) is 42.9. The van der Waals surface area contributed by atoms with Crippen molar-refractivity contribution in [3.8, 4) is 0 Å². The first-order chi connectivity index (χ1) is 23.0. The second-order valence-corrected chi connectivity index (χ2v) is 14.5. The lowest BCUT2D eigenvalue weighted by Gasteiger charge is -2.48. The van der Waals surface area contributed by atoms with Crippen molar-refractivity contribution in [3.05, 3.63) is 23.7 Å². The van der Waals surface area contributed by atoms with Crippen LogP contribution in [-0.2, 0) is 9.59 Å². The van der Waals surface area contributed by atoms with Crippen LogP contribution in [0.1, 0.15) is 79.1 Å². The molecule has 4 heterocycles. The van der Waals surface area contributed by atoms with Gasteiger partial charge < -0.3 is 26.2 Å². The van der Waals surface area contributed by atoms with Gasteiger partial charge in [0.2, 0.25) is 11.8 Å². The first-order valence-corrected chi connectivity index (χ1v) is 18.3. The van der Waals surface area contributed by atoms with Crippen molar-refractivity contribution < 1.29 is 18.4 Å². The van der Waals surface area contributed by atoms with E-state index in [1.165, 1.54) is 6.08 Å². The molecular weight excluding hydrogens is 614 g/mol. The molecule has 10 nitrogen and oxygen atoms in total. The number of carbonyl (C=O) groups excluding carboxylic acids is 2. The van der Waals surface area contributed by atoms with E-state index in [0.29, 0.717) is 38.8 Å². The molecule has 0 aliphatic carbocycles. The van der Waals surface area contributed by atoms with E-state index in [1.54, 1.807) is 19.2 Å². The summed E-state index contributed by atoms with van der Waals surface area (Å²) in [6.45, 7) is 12.5. The van der Waals surface area contributed by atoms with Gasteiger partial charge in [0, 0.05) is 37.5 Å². The highest BCUT2D eigenvalue weighted by molar-refractivity contribution is 5.85. The average Bonchev–Trinajstić information content (AvgIpc) is 3.28. The van der Waals surface area contributed by atoms with Gasteiger partial charge in [-0.2, -0.15) is 0 Å². The van der Waals surface area contributed by atoms with Gasteiger partial charge in [0.25, 0.3) is 0 Å². The molecule has 0 bridgehead atoms. The zero-order valence-corrected chi connectivity index (χ0v) is 29.8. The number of rotatable bonds is 10. The first-order valence-electron chi connectivity index (χ1n) is 18.3. The Labute approximate surface area is 286 Å². The summed E-state index contributed by atoms with van der Waals surface area (Å²) in [5, 5.41) is 6.41. The van der Waals surface area contributed by atoms with E-state index in [0.717, 1.165) is 63.8 Å². The molecule has 7 atom stereocenters. The van der Waals surface area contributed by atoms with Crippen LogP contribution in [0.25, 0.3) is 0 Å². The van der Waals surface area contributed by atoms with E-state index in [9.17, 15) is 14.0 Å². The maximum atomic E-state index is 17.1. The van der Waals surface area contributed by atoms with Crippen LogP contribution in [0.4, 0.5) is 8.78 Å². The highest BCUT2D eigenvalue weighted by atomic mass is 19.1. The third-order valence-corrected chi connectivity index (χ3v) is 10.7. The number of unbranched alkanes of at least 4 members (excludes halogenated alkanes) is 1. The van der Waals surface area contributed by atoms with Crippen molar-refractivity contribution in [2.45, 2.75) is 109 Å². The number of halogens is 2. The molecule has 2 amide bonds. The number of alkyl halides is 1. The maximum absolute atomic E-state index is 17.1. The number of piperidine rings is 1. The Hall–Kier alpha value is -2.70. The Balaban J connectivity index is 1.53. The Morgan fingerprint density at radius 2 is 1.88 bits per heavy atom. The molecule has 0 saturated carbocycles. The molecule has 4 rings (SSSR count). The number of likely N-dealkylation sites (tertiary alicyclic amines) is 1. The molecule has 0 radical (unpaired) electrons. The zero-order valence-electron chi connectivity index (χ0n) is 29.8. The molecule has 4 aliphatic heterocycles. The highest BCUT2D eigenvalue weighted by Crippen LogP contribution is 2.35. The van der Waals surface area contributed by atoms with Gasteiger partial charge in [-0.15, -0.1) is 0 Å². The Morgan fingerprint density at radius 1 is 1.12 bits per heavy atom. The van der Waals surface area contributed by atoms with Crippen molar-refractivity contribution in [2.75, 3.05) is 52.9 Å². The summed E-state index contributed by atoms with van der Waals surface area (Å²) in [7, 11) is 2.09. The second kappa shape index (κ2) is 17.8. The predicted octanol–water partition coefficient (Wildman–Crippen LogP) is 3.84. The van der Waals surface area contributed by atoms with Gasteiger partial charge in [-0.1, -0.05) is 40.0 Å². The van der Waals surface area contributed by atoms with Crippen LogP contribution in [0.2, 0.25) is 0 Å². The minimum Gasteiger partial charge on any atom is -0.372 e. The fraction of sp³-hybridized carbons (Fsp3) is 0.778. The van der Waals surface area contributed by atoms with Crippen LogP contribution in [0.5, 0.6) is 0 Å². The number of nitrogens with one attached hydrogen (secondary N) is 2. The zero-order chi connectivity index (χ0) is 34.8. The molecule has 4 N–H and O–H groups in total. The number of amides is 2. The minimum atomic E-state index is -1.64. The van der Waals surface area contributed by atoms with E-state index in [2.05, 4.69) is 44.4 Å². The number of nitrogens with two attached hydrogens (primary N) is 1. The van der Waals surface area contributed by atoms with Crippen molar-refractivity contribution in [3.63, 3.8) is 0 Å². The fourth-order valence-corrected chi connectivity index (χ4v) is 7.79. The number of hydrogen-bond acceptors (Lipinski definition) is 8. The smallest absolute Gasteiger partial charge is 0.229 e. The normalized spacial score (nSPS) is 34.2. The average molecular weight is 675 g/mol. The molecule has 12 heteroatoms. The Morgan fingerprint density at radius 3 is 2.58 bits per heavy atom. The van der Waals surface area contributed by atoms with Gasteiger partial charge in [-0.25, -0.2) is 8.78 Å². The van der Waals surface area contributed by atoms with Crippen LogP contribution >= 0.6 is 0 Å². The monoisotopic (exact) mass is 674 g/mol. The molecular formula is C36H60F2N8O2. The summed E-state index contributed by atoms with van der Waals surface area (Å²) in [6, 6.07) is -2.00. The Bertz CT molecular complexity index is 1200. The summed E-state index contributed by atoms with van der Waals surface area (Å²) >= 11 is 0. The molecule has 2 fully saturated rings. The number of hydrogen-bond donors (Lipinski definition) is 3. The van der Waals surface area contributed by atoms with Crippen molar-refractivity contribution in [1.29, 1.82) is 0 Å². The van der Waals surface area contributed by atoms with E-state index in [-0.39, 0.29) is 30.2 Å². The van der Waals surface area contributed by atoms with E-state index in [1.807, 2.05) is 18.7 Å². The predicted molar refractivity (Wildman–Crippen MR) is 189 cm³/mol. The molecule has 0 aromatic carbocycles. The molecule has 2 saturated heterocycles. The second-order valence-electron chi connectivity index (χ2n) is 14.5. The molecule has 48 heavy (non-hydrogen) atoms. The third-order valence-electron chi connectivity index (χ3n) is 10.7. The van der Waals surface area contributed by atoms with Crippen molar-refractivity contribution in [1.82, 2.24) is 25.3 Å². The van der Waals surface area contributed by atoms with Crippen LogP contribution in [0, 0.1) is 17.8 Å². The lowest BCUT2D eigenvalue weighted by Crippen LogP contribution is -2.67. The SMILES string of the molecule is CCCCC1(F)CN=CC(NC(=O)C2C(C)N=C/C(F)=C\C=C(\C(C)CCC)NC2N)C1N1CCC(C(=O)N2CCCN(C)CC2)CC1. The first kappa shape index (κ1) is 38.1. The summed E-state index contributed by atoms with van der Waals surface area (Å²) in [5.74, 6) is -1.56. The van der Waals surface area contributed by atoms with Crippen LogP contribution in [0.3, 0.4) is 0 Å². The highest BCUT2D eigenvalue weighted by Gasteiger charge is 2.50. The van der Waals surface area contributed by atoms with Gasteiger partial charge in [-0.05, 0) is 83.8 Å². The largest absolute Gasteiger partial charge is 0.372 e. The summed E-state index contributed by atoms with van der Waals surface area (Å²) < 4.78 is 31.7. The maximum Gasteiger partial charge on any atom is 0.229 e. The molecule has 0 spiro atoms. The van der Waals surface area contributed by atoms with Crippen LogP contribution in [-0.4, -0.2) is 122 Å². The number of allylic oxidation sites excluding steroid dienone is 4. The number of likely N-dealkylation sites (N-methyl/N-ethyl adjacent to an activating group) is 1. The molecule has 4 aliphatic rings. The lowest BCUT2D eigenvalue weighted by molar-refractivity contribution is -0.137. The number of aliphatic imine (C=N–C) groups is 2. The quantitative estimate of drug-likeness (QED) is 0.324. The van der Waals surface area contributed by atoms with E-state index >= 15 is 4.39 Å². The van der Waals surface area contributed by atoms with Crippen molar-refractivity contribution >= 4 is 24.2 Å². The van der Waals surface area contributed by atoms with Gasteiger partial charge in [-0.3, -0.25) is 24.5 Å². The van der Waals surface area contributed by atoms with Crippen LogP contribution in [0.15, 0.2) is 33.7 Å². The molecule has 0 aromatic heterocycles. The molecule has 0 aromatic rings. The van der Waals surface area contributed by atoms with E-state index < -0.39 is 41.7 Å². The molecule has 7 unspecified atom stereocenters. The summed E-state index contributed by atoms with van der Waals surface area (Å²) in [5.41, 5.74) is 5.79. The van der Waals surface area contributed by atoms with E-state index in [4.69, 9.17) is 5.73 Å². The Kier molecular flexibility index (Phi) is 14.1. The third kappa shape index (κ3) is 9.72. The minimum absolute atomic E-state index is 0.0322. The lowest BCUT2D eigenvalue weighted by atomic mass is 9.81. The fourth-order valence-electron chi connectivity index (χ4n) is 7.79. The number of nitrogens with zero attached hydrogens (tertiary/aromatic N) is 5. The topological polar surface area (TPSA) is 119 Å². The van der Waals surface area contributed by atoms with Crippen molar-refractivity contribution in [2.24, 2.45) is 33.5 Å².